The second-order valence-corrected chi connectivity index (χ2v) is 10.9. The maximum absolute atomic E-state index is 14.4. The van der Waals surface area contributed by atoms with Crippen molar-refractivity contribution >= 4 is 34.9 Å². The molecule has 1 saturated heterocycles. The van der Waals surface area contributed by atoms with Crippen molar-refractivity contribution in [3.63, 3.8) is 0 Å². The Labute approximate surface area is 276 Å². The van der Waals surface area contributed by atoms with E-state index in [9.17, 15) is 28.4 Å². The van der Waals surface area contributed by atoms with Crippen LogP contribution in [0, 0.1) is 5.82 Å². The molecule has 5 N–H and O–H groups in total. The Morgan fingerprint density at radius 3 is 2.14 bits per heavy atom. The molecule has 1 unspecified atom stereocenters. The molecule has 0 spiro atoms. The molecule has 0 amide bonds. The minimum absolute atomic E-state index is 0.0626. The molecule has 0 bridgehead atoms. The van der Waals surface area contributed by atoms with Crippen molar-refractivity contribution in [2.45, 2.75) is 37.9 Å². The fourth-order valence-corrected chi connectivity index (χ4v) is 5.43. The lowest BCUT2D eigenvalue weighted by Crippen LogP contribution is -2.44. The Kier molecular flexibility index (Phi) is 12.4. The number of nitrogens with zero attached hydrogens (tertiary/aromatic N) is 5. The highest BCUT2D eigenvalue weighted by molar-refractivity contribution is 5.90. The van der Waals surface area contributed by atoms with Crippen LogP contribution in [0.2, 0.25) is 0 Å². The number of fused-ring (bicyclic) bond motifs is 1. The predicted molar refractivity (Wildman–Crippen MR) is 167 cm³/mol. The van der Waals surface area contributed by atoms with Crippen LogP contribution in [0.1, 0.15) is 30.1 Å². The molecule has 17 nitrogen and oxygen atoms in total. The Bertz CT molecular complexity index is 1760. The predicted octanol–water partition coefficient (Wildman–Crippen LogP) is 0.872. The second-order valence-electron chi connectivity index (χ2n) is 10.9. The van der Waals surface area contributed by atoms with E-state index in [1.165, 1.54) is 12.3 Å². The van der Waals surface area contributed by atoms with Gasteiger partial charge < -0.3 is 44.7 Å². The van der Waals surface area contributed by atoms with Gasteiger partial charge in [0.05, 0.1) is 29.0 Å². The number of aliphatic carboxylic acids is 4. The summed E-state index contributed by atoms with van der Waals surface area (Å²) >= 11 is 0. The third-order valence-electron chi connectivity index (χ3n) is 7.52. The molecule has 1 fully saturated rings. The third-order valence-corrected chi connectivity index (χ3v) is 7.52. The summed E-state index contributed by atoms with van der Waals surface area (Å²) in [6.07, 6.45) is 6.10. The van der Waals surface area contributed by atoms with Gasteiger partial charge >= 0.3 is 23.9 Å². The van der Waals surface area contributed by atoms with E-state index >= 15 is 0 Å². The van der Waals surface area contributed by atoms with Gasteiger partial charge in [-0.1, -0.05) is 0 Å². The number of hydrogen-bond donors (Lipinski definition) is 5. The Morgan fingerprint density at radius 1 is 0.918 bits per heavy atom. The van der Waals surface area contributed by atoms with Gasteiger partial charge in [-0.25, -0.2) is 28.6 Å². The summed E-state index contributed by atoms with van der Waals surface area (Å²) < 4.78 is 27.2. The van der Waals surface area contributed by atoms with Gasteiger partial charge in [-0.05, 0) is 44.5 Å². The van der Waals surface area contributed by atoms with E-state index in [1.807, 2.05) is 6.07 Å². The number of benzene rings is 1. The molecular formula is C31H33FN6O11. The lowest BCUT2D eigenvalue weighted by atomic mass is 10.0. The number of hydrogen-bond acceptors (Lipinski definition) is 12. The molecular weight excluding hydrogens is 651 g/mol. The number of rotatable bonds is 9. The van der Waals surface area contributed by atoms with Crippen LogP contribution in [0.15, 0.2) is 53.5 Å². The highest BCUT2D eigenvalue weighted by atomic mass is 19.1. The number of ether oxygens (including phenoxy) is 2. The van der Waals surface area contributed by atoms with Crippen LogP contribution in [0.5, 0.6) is 11.6 Å². The van der Waals surface area contributed by atoms with E-state index in [0.29, 0.717) is 84.8 Å². The maximum atomic E-state index is 14.4. The van der Waals surface area contributed by atoms with E-state index in [-0.39, 0.29) is 17.4 Å². The Balaban J connectivity index is 0.000000283. The number of carbonyl (C=O) groups is 4. The van der Waals surface area contributed by atoms with Crippen LogP contribution >= 0.6 is 0 Å². The first-order chi connectivity index (χ1) is 23.4. The summed E-state index contributed by atoms with van der Waals surface area (Å²) in [6, 6.07) is 5.30. The first kappa shape index (κ1) is 36.1. The average Bonchev–Trinajstić information content (AvgIpc) is 3.47. The minimum atomic E-state index is -1.26. The first-order valence-electron chi connectivity index (χ1n) is 15.0. The molecule has 2 aromatic heterocycles. The van der Waals surface area contributed by atoms with Crippen LogP contribution in [0.4, 0.5) is 4.39 Å². The minimum Gasteiger partial charge on any atom is -0.484 e. The zero-order chi connectivity index (χ0) is 35.5. The molecule has 18 heteroatoms. The van der Waals surface area contributed by atoms with Crippen LogP contribution in [-0.2, 0) is 32.1 Å². The lowest BCUT2D eigenvalue weighted by molar-refractivity contribution is -0.134. The summed E-state index contributed by atoms with van der Waals surface area (Å²) in [5.74, 6) is -4.17. The van der Waals surface area contributed by atoms with Gasteiger partial charge in [0, 0.05) is 55.1 Å². The number of carboxylic acid groups (broad SMARTS) is 4. The molecule has 6 rings (SSSR count). The monoisotopic (exact) mass is 684 g/mol. The number of aromatic nitrogens is 4. The van der Waals surface area contributed by atoms with Crippen molar-refractivity contribution in [2.24, 2.45) is 0 Å². The quantitative estimate of drug-likeness (QED) is 0.196. The van der Waals surface area contributed by atoms with Crippen LogP contribution in [0.3, 0.4) is 0 Å². The van der Waals surface area contributed by atoms with Gasteiger partial charge in [-0.15, -0.1) is 5.10 Å². The largest absolute Gasteiger partial charge is 0.484 e. The molecule has 1 atom stereocenters. The molecule has 0 radical (unpaired) electrons. The van der Waals surface area contributed by atoms with Crippen LogP contribution in [-0.4, -0.2) is 108 Å². The van der Waals surface area contributed by atoms with Gasteiger partial charge in [-0.2, -0.15) is 5.10 Å². The zero-order valence-corrected chi connectivity index (χ0v) is 25.9. The molecule has 0 aliphatic carbocycles. The highest BCUT2D eigenvalue weighted by Crippen LogP contribution is 2.32. The molecule has 3 aliphatic heterocycles. The lowest BCUT2D eigenvalue weighted by Gasteiger charge is -2.34. The normalized spacial score (nSPS) is 16.9. The Hall–Kier alpha value is -5.75. The van der Waals surface area contributed by atoms with Crippen molar-refractivity contribution in [3.05, 3.63) is 76.1 Å². The van der Waals surface area contributed by atoms with E-state index < -0.39 is 23.9 Å². The molecule has 0 saturated carbocycles. The fraction of sp³-hybridized carbons (Fsp3) is 0.355. The smallest absolute Gasteiger partial charge is 0.328 e. The number of halogens is 1. The molecule has 3 aromatic rings. The van der Waals surface area contributed by atoms with E-state index in [4.69, 9.17) is 29.9 Å². The van der Waals surface area contributed by atoms with Crippen molar-refractivity contribution < 1.29 is 53.5 Å². The standard InChI is InChI=1S/C23H25FN6O3.2C4H4O4/c24-18-1-2-19-22-17(18)10-16(30(22)21(31)12-26-19)13-29-5-3-14(4-6-29)25-11-15-9-20-23(28-27-15)33-8-7-32-20;2*5-3(6)1-2-4(7)8/h1-2,9,12,14,16,25H,3-8,10-11,13H2;2*1-2H,(H,5,6)(H,7,8)/b;2*2-1+. The van der Waals surface area contributed by atoms with Gasteiger partial charge in [0.15, 0.2) is 5.75 Å². The second kappa shape index (κ2) is 16.9. The fourth-order valence-electron chi connectivity index (χ4n) is 5.43. The van der Waals surface area contributed by atoms with Gasteiger partial charge in [-0.3, -0.25) is 4.79 Å². The maximum Gasteiger partial charge on any atom is 0.328 e. The van der Waals surface area contributed by atoms with Crippen LogP contribution < -0.4 is 20.3 Å². The topological polar surface area (TPSA) is 244 Å². The summed E-state index contributed by atoms with van der Waals surface area (Å²) in [4.78, 5) is 57.3. The number of piperidine rings is 1. The van der Waals surface area contributed by atoms with Crippen molar-refractivity contribution in [3.8, 4) is 11.6 Å². The van der Waals surface area contributed by atoms with Crippen LogP contribution in [0.25, 0.3) is 11.0 Å². The van der Waals surface area contributed by atoms with Gasteiger partial charge in [0.1, 0.15) is 19.0 Å². The van der Waals surface area contributed by atoms with Crippen molar-refractivity contribution in [1.29, 1.82) is 0 Å². The van der Waals surface area contributed by atoms with Crippen molar-refractivity contribution in [2.75, 3.05) is 32.8 Å². The molecule has 49 heavy (non-hydrogen) atoms. The number of carboxylic acids is 4. The van der Waals surface area contributed by atoms with Crippen molar-refractivity contribution in [1.82, 2.24) is 30.0 Å². The summed E-state index contributed by atoms with van der Waals surface area (Å²) in [7, 11) is 0. The summed E-state index contributed by atoms with van der Waals surface area (Å²) in [5.41, 5.74) is 2.62. The Morgan fingerprint density at radius 2 is 1.53 bits per heavy atom. The third kappa shape index (κ3) is 10.4. The molecule has 5 heterocycles. The average molecular weight is 685 g/mol. The molecule has 1 aromatic carbocycles. The summed E-state index contributed by atoms with van der Waals surface area (Å²) in [6.45, 7) is 4.22. The van der Waals surface area contributed by atoms with Gasteiger partial charge in [0.25, 0.3) is 11.4 Å². The van der Waals surface area contributed by atoms with Gasteiger partial charge in [0.2, 0.25) is 0 Å². The number of likely N-dealkylation sites (tertiary alicyclic amines) is 1. The first-order valence-corrected chi connectivity index (χ1v) is 15.0. The highest BCUT2D eigenvalue weighted by Gasteiger charge is 2.31. The van der Waals surface area contributed by atoms with E-state index in [2.05, 4.69) is 25.4 Å². The number of nitrogens with one attached hydrogen (secondary N) is 1. The zero-order valence-electron chi connectivity index (χ0n) is 25.9. The molecule has 260 valence electrons. The van der Waals surface area contributed by atoms with E-state index in [0.717, 1.165) is 38.2 Å². The summed E-state index contributed by atoms with van der Waals surface area (Å²) in [5, 5.41) is 43.1. The van der Waals surface area contributed by atoms with E-state index in [1.54, 1.807) is 10.6 Å². The molecule has 3 aliphatic rings. The SMILES string of the molecule is O=C(O)/C=C/C(=O)O.O=C(O)/C=C/C(=O)O.O=c1cnc2ccc(F)c3c2n1C(CN1CCC(NCc2cc4c(nn2)OCCO4)CC1)C3.